The van der Waals surface area contributed by atoms with Crippen molar-refractivity contribution in [1.82, 2.24) is 4.98 Å². The molecule has 1 fully saturated rings. The Bertz CT molecular complexity index is 580. The van der Waals surface area contributed by atoms with Crippen LogP contribution in [0.5, 0.6) is 5.88 Å². The molecule has 0 aromatic carbocycles. The number of hydrogen-bond acceptors (Lipinski definition) is 6. The molecule has 0 saturated carbocycles. The van der Waals surface area contributed by atoms with Gasteiger partial charge in [0, 0.05) is 13.1 Å². The average molecular weight is 307 g/mol. The number of fused-ring (bicyclic) bond motifs is 1. The third kappa shape index (κ3) is 2.62. The van der Waals surface area contributed by atoms with E-state index >= 15 is 0 Å². The molecule has 22 heavy (non-hydrogen) atoms. The lowest BCUT2D eigenvalue weighted by atomic mass is 10.1. The minimum absolute atomic E-state index is 0.0207. The van der Waals surface area contributed by atoms with Gasteiger partial charge in [-0.05, 0) is 19.9 Å². The molecular formula is C15H21N3O4. The van der Waals surface area contributed by atoms with Crippen LogP contribution in [0.15, 0.2) is 12.1 Å². The van der Waals surface area contributed by atoms with Gasteiger partial charge in [0.25, 0.3) is 0 Å². The summed E-state index contributed by atoms with van der Waals surface area (Å²) in [5, 5.41) is 0. The summed E-state index contributed by atoms with van der Waals surface area (Å²) in [6.07, 6.45) is 0. The maximum absolute atomic E-state index is 12.5. The van der Waals surface area contributed by atoms with Crippen LogP contribution in [0.3, 0.4) is 0 Å². The molecule has 1 aromatic heterocycles. The number of hydrogen-bond donors (Lipinski definition) is 0. The number of ether oxygens (including phenoxy) is 3. The normalized spacial score (nSPS) is 21.7. The second-order valence-corrected chi connectivity index (χ2v) is 5.99. The lowest BCUT2D eigenvalue weighted by molar-refractivity contribution is -0.249. The number of anilines is 2. The summed E-state index contributed by atoms with van der Waals surface area (Å²) in [5.41, 5.74) is 0.894. The monoisotopic (exact) mass is 307 g/mol. The molecule has 0 aliphatic carbocycles. The third-order valence-electron chi connectivity index (χ3n) is 3.93. The molecular weight excluding hydrogens is 286 g/mol. The Morgan fingerprint density at radius 1 is 1.32 bits per heavy atom. The molecule has 0 bridgehead atoms. The topological polar surface area (TPSA) is 64.1 Å². The van der Waals surface area contributed by atoms with Crippen LogP contribution in [0, 0.1) is 0 Å². The number of carbonyl (C=O) groups is 1. The third-order valence-corrected chi connectivity index (χ3v) is 3.93. The van der Waals surface area contributed by atoms with Crippen molar-refractivity contribution in [3.8, 4) is 5.88 Å². The maximum atomic E-state index is 12.5. The maximum Gasteiger partial charge on any atom is 0.248 e. The first-order valence-corrected chi connectivity index (χ1v) is 7.27. The summed E-state index contributed by atoms with van der Waals surface area (Å²) >= 11 is 0. The Labute approximate surface area is 129 Å². The Balaban J connectivity index is 1.94. The second-order valence-electron chi connectivity index (χ2n) is 5.99. The van der Waals surface area contributed by atoms with Crippen molar-refractivity contribution in [3.63, 3.8) is 0 Å². The van der Waals surface area contributed by atoms with Crippen LogP contribution in [0.1, 0.15) is 13.8 Å². The van der Waals surface area contributed by atoms with E-state index in [1.54, 1.807) is 18.1 Å². The van der Waals surface area contributed by atoms with Gasteiger partial charge in [0.2, 0.25) is 11.8 Å². The van der Waals surface area contributed by atoms with Crippen molar-refractivity contribution in [2.75, 3.05) is 43.7 Å². The van der Waals surface area contributed by atoms with Gasteiger partial charge in [-0.25, -0.2) is 0 Å². The molecule has 120 valence electrons. The number of nitrogens with zero attached hydrogens (tertiary/aromatic N) is 3. The van der Waals surface area contributed by atoms with E-state index in [0.717, 1.165) is 5.69 Å². The quantitative estimate of drug-likeness (QED) is 0.813. The minimum Gasteiger partial charge on any atom is -0.481 e. The van der Waals surface area contributed by atoms with Gasteiger partial charge in [-0.15, -0.1) is 0 Å². The number of likely N-dealkylation sites (N-methyl/N-ethyl adjacent to an activating group) is 1. The molecule has 0 spiro atoms. The Hall–Kier alpha value is -1.86. The first-order valence-electron chi connectivity index (χ1n) is 7.27. The van der Waals surface area contributed by atoms with Crippen molar-refractivity contribution >= 4 is 17.4 Å². The van der Waals surface area contributed by atoms with Gasteiger partial charge in [-0.1, -0.05) is 0 Å². The largest absolute Gasteiger partial charge is 0.481 e. The van der Waals surface area contributed by atoms with E-state index < -0.39 is 5.79 Å². The summed E-state index contributed by atoms with van der Waals surface area (Å²) in [4.78, 5) is 20.5. The number of pyridine rings is 1. The van der Waals surface area contributed by atoms with Gasteiger partial charge in [0.15, 0.2) is 11.6 Å². The molecule has 1 amide bonds. The molecule has 0 unspecified atom stereocenters. The summed E-state index contributed by atoms with van der Waals surface area (Å²) in [6, 6.07) is 3.52. The Kier molecular flexibility index (Phi) is 3.70. The van der Waals surface area contributed by atoms with Crippen LogP contribution < -0.4 is 14.5 Å². The fourth-order valence-electron chi connectivity index (χ4n) is 2.70. The van der Waals surface area contributed by atoms with E-state index in [0.29, 0.717) is 31.5 Å². The standard InChI is InChI=1S/C15H21N3O4/c1-15(2)21-8-10(9-22-15)18-13(19)7-17(3)11-5-6-12(20-4)16-14(11)18/h5-6,10H,7-9H2,1-4H3. The van der Waals surface area contributed by atoms with E-state index in [4.69, 9.17) is 14.2 Å². The highest BCUT2D eigenvalue weighted by atomic mass is 16.7. The predicted molar refractivity (Wildman–Crippen MR) is 81.3 cm³/mol. The van der Waals surface area contributed by atoms with Crippen molar-refractivity contribution in [2.45, 2.75) is 25.7 Å². The second kappa shape index (κ2) is 5.40. The van der Waals surface area contributed by atoms with Crippen molar-refractivity contribution in [3.05, 3.63) is 12.1 Å². The summed E-state index contributed by atoms with van der Waals surface area (Å²) < 4.78 is 16.6. The fourth-order valence-corrected chi connectivity index (χ4v) is 2.70. The Morgan fingerprint density at radius 2 is 2.00 bits per heavy atom. The molecule has 7 heteroatoms. The van der Waals surface area contributed by atoms with Gasteiger partial charge in [0.1, 0.15) is 0 Å². The highest BCUT2D eigenvalue weighted by molar-refractivity contribution is 6.02. The lowest BCUT2D eigenvalue weighted by Gasteiger charge is -2.43. The van der Waals surface area contributed by atoms with Crippen LogP contribution >= 0.6 is 0 Å². The molecule has 0 atom stereocenters. The van der Waals surface area contributed by atoms with Gasteiger partial charge >= 0.3 is 0 Å². The van der Waals surface area contributed by atoms with Crippen molar-refractivity contribution in [1.29, 1.82) is 0 Å². The predicted octanol–water partition coefficient (Wildman–Crippen LogP) is 1.02. The smallest absolute Gasteiger partial charge is 0.248 e. The lowest BCUT2D eigenvalue weighted by Crippen LogP contribution is -2.56. The number of amides is 1. The zero-order valence-electron chi connectivity index (χ0n) is 13.3. The Morgan fingerprint density at radius 3 is 2.64 bits per heavy atom. The number of rotatable bonds is 2. The molecule has 0 radical (unpaired) electrons. The van der Waals surface area contributed by atoms with E-state index in [2.05, 4.69) is 4.98 Å². The van der Waals surface area contributed by atoms with Crippen LogP contribution in [0.4, 0.5) is 11.5 Å². The summed E-state index contributed by atoms with van der Waals surface area (Å²) in [7, 11) is 3.43. The molecule has 1 saturated heterocycles. The van der Waals surface area contributed by atoms with E-state index in [9.17, 15) is 4.79 Å². The van der Waals surface area contributed by atoms with Gasteiger partial charge in [0.05, 0.1) is 38.6 Å². The highest BCUT2D eigenvalue weighted by Crippen LogP contribution is 2.35. The van der Waals surface area contributed by atoms with Gasteiger partial charge in [-0.3, -0.25) is 9.69 Å². The van der Waals surface area contributed by atoms with E-state index in [1.807, 2.05) is 31.9 Å². The van der Waals surface area contributed by atoms with Crippen molar-refractivity contribution in [2.24, 2.45) is 0 Å². The molecule has 2 aliphatic rings. The van der Waals surface area contributed by atoms with E-state index in [1.165, 1.54) is 0 Å². The number of methoxy groups -OCH3 is 1. The SMILES string of the molecule is COc1ccc2c(n1)N(C1COC(C)(C)OC1)C(=O)CN2C. The average Bonchev–Trinajstić information content (AvgIpc) is 2.48. The first kappa shape index (κ1) is 15.1. The fraction of sp³-hybridized carbons (Fsp3) is 0.600. The minimum atomic E-state index is -0.614. The van der Waals surface area contributed by atoms with Crippen LogP contribution in [-0.4, -0.2) is 56.6 Å². The molecule has 0 N–H and O–H groups in total. The zero-order valence-corrected chi connectivity index (χ0v) is 13.3. The van der Waals surface area contributed by atoms with E-state index in [-0.39, 0.29) is 11.9 Å². The zero-order chi connectivity index (χ0) is 15.9. The van der Waals surface area contributed by atoms with Crippen molar-refractivity contribution < 1.29 is 19.0 Å². The molecule has 2 aliphatic heterocycles. The summed E-state index contributed by atoms with van der Waals surface area (Å²) in [6.45, 7) is 4.87. The molecule has 3 rings (SSSR count). The first-order chi connectivity index (χ1) is 10.4. The number of carbonyl (C=O) groups excluding carboxylic acids is 1. The van der Waals surface area contributed by atoms with Crippen LogP contribution in [-0.2, 0) is 14.3 Å². The molecule has 3 heterocycles. The number of aromatic nitrogens is 1. The summed E-state index contributed by atoms with van der Waals surface area (Å²) in [5.74, 6) is 0.434. The molecule has 1 aromatic rings. The van der Waals surface area contributed by atoms with Gasteiger partial charge < -0.3 is 19.1 Å². The van der Waals surface area contributed by atoms with Crippen LogP contribution in [0.25, 0.3) is 0 Å². The van der Waals surface area contributed by atoms with Crippen LogP contribution in [0.2, 0.25) is 0 Å². The highest BCUT2D eigenvalue weighted by Gasteiger charge is 2.39. The van der Waals surface area contributed by atoms with Gasteiger partial charge in [-0.2, -0.15) is 4.98 Å². The molecule has 7 nitrogen and oxygen atoms in total.